The molecule has 1 aliphatic heterocycles. The number of amides is 1. The molecule has 0 saturated carbocycles. The molecule has 0 aromatic heterocycles. The van der Waals surface area contributed by atoms with E-state index in [0.29, 0.717) is 12.1 Å². The van der Waals surface area contributed by atoms with E-state index >= 15 is 0 Å². The molecule has 1 saturated heterocycles. The highest BCUT2D eigenvalue weighted by molar-refractivity contribution is 9.10. The normalized spacial score (nSPS) is 19.1. The first kappa shape index (κ1) is 9.68. The van der Waals surface area contributed by atoms with Gasteiger partial charge in [0.1, 0.15) is 0 Å². The van der Waals surface area contributed by atoms with Crippen molar-refractivity contribution < 1.29 is 9.53 Å². The van der Waals surface area contributed by atoms with Crippen molar-refractivity contribution in [1.29, 1.82) is 0 Å². The lowest BCUT2D eigenvalue weighted by Crippen LogP contribution is -2.27. The molecule has 1 atom stereocenters. The van der Waals surface area contributed by atoms with Crippen molar-refractivity contribution in [1.82, 2.24) is 5.32 Å². The molecule has 1 aromatic carbocycles. The lowest BCUT2D eigenvalue weighted by molar-refractivity contribution is 0.0950. The van der Waals surface area contributed by atoms with Crippen molar-refractivity contribution in [3.63, 3.8) is 0 Å². The Morgan fingerprint density at radius 2 is 2.14 bits per heavy atom. The molecule has 0 radical (unpaired) electrons. The molecular weight excluding hydrogens is 246 g/mol. The van der Waals surface area contributed by atoms with E-state index in [-0.39, 0.29) is 12.0 Å². The molecule has 1 aromatic rings. The van der Waals surface area contributed by atoms with Gasteiger partial charge < -0.3 is 10.1 Å². The molecule has 1 aliphatic rings. The standard InChI is InChI=1S/C10H10BrNO2/c11-8-3-1-7(2-4-8)10(13)12-5-9-6-14-9/h1-4,9H,5-6H2,(H,12,13). The van der Waals surface area contributed by atoms with E-state index in [0.717, 1.165) is 11.1 Å². The summed E-state index contributed by atoms with van der Waals surface area (Å²) in [6.07, 6.45) is 0.231. The van der Waals surface area contributed by atoms with E-state index in [1.807, 2.05) is 12.1 Å². The zero-order chi connectivity index (χ0) is 9.97. The van der Waals surface area contributed by atoms with E-state index < -0.39 is 0 Å². The van der Waals surface area contributed by atoms with E-state index in [1.54, 1.807) is 12.1 Å². The minimum absolute atomic E-state index is 0.0481. The molecule has 1 fully saturated rings. The van der Waals surface area contributed by atoms with Crippen LogP contribution < -0.4 is 5.32 Å². The highest BCUT2D eigenvalue weighted by Gasteiger charge is 2.22. The molecule has 3 nitrogen and oxygen atoms in total. The SMILES string of the molecule is O=C(NCC1CO1)c1ccc(Br)cc1. The Morgan fingerprint density at radius 1 is 1.50 bits per heavy atom. The summed E-state index contributed by atoms with van der Waals surface area (Å²) in [6, 6.07) is 7.27. The van der Waals surface area contributed by atoms with Gasteiger partial charge >= 0.3 is 0 Å². The summed E-state index contributed by atoms with van der Waals surface area (Å²) in [5.74, 6) is -0.0481. The quantitative estimate of drug-likeness (QED) is 0.834. The summed E-state index contributed by atoms with van der Waals surface area (Å²) in [6.45, 7) is 1.37. The van der Waals surface area contributed by atoms with Crippen molar-refractivity contribution in [3.8, 4) is 0 Å². The first-order valence-corrected chi connectivity index (χ1v) is 5.20. The van der Waals surface area contributed by atoms with Crippen LogP contribution >= 0.6 is 15.9 Å². The molecule has 4 heteroatoms. The average molecular weight is 256 g/mol. The molecule has 0 aliphatic carbocycles. The number of benzene rings is 1. The monoisotopic (exact) mass is 255 g/mol. The molecule has 0 spiro atoms. The van der Waals surface area contributed by atoms with Gasteiger partial charge in [0.2, 0.25) is 0 Å². The zero-order valence-corrected chi connectivity index (χ0v) is 9.08. The Morgan fingerprint density at radius 3 is 2.71 bits per heavy atom. The Bertz CT molecular complexity index is 332. The molecule has 2 rings (SSSR count). The molecule has 1 unspecified atom stereocenters. The van der Waals surface area contributed by atoms with Gasteiger partial charge in [0.05, 0.1) is 12.7 Å². The third kappa shape index (κ3) is 2.56. The number of halogens is 1. The number of nitrogens with one attached hydrogen (secondary N) is 1. The predicted molar refractivity (Wildman–Crippen MR) is 56.2 cm³/mol. The summed E-state index contributed by atoms with van der Waals surface area (Å²) in [5, 5.41) is 2.80. The minimum Gasteiger partial charge on any atom is -0.371 e. The molecule has 1 heterocycles. The van der Waals surface area contributed by atoms with E-state index in [4.69, 9.17) is 4.74 Å². The van der Waals surface area contributed by atoms with Crippen molar-refractivity contribution in [2.24, 2.45) is 0 Å². The van der Waals surface area contributed by atoms with Crippen LogP contribution in [0.25, 0.3) is 0 Å². The van der Waals surface area contributed by atoms with Gasteiger partial charge in [-0.15, -0.1) is 0 Å². The van der Waals surface area contributed by atoms with Crippen molar-refractivity contribution in [2.45, 2.75) is 6.10 Å². The van der Waals surface area contributed by atoms with Crippen LogP contribution in [0.4, 0.5) is 0 Å². The van der Waals surface area contributed by atoms with E-state index in [9.17, 15) is 4.79 Å². The summed E-state index contributed by atoms with van der Waals surface area (Å²) < 4.78 is 5.96. The van der Waals surface area contributed by atoms with Crippen LogP contribution in [0.2, 0.25) is 0 Å². The molecule has 74 valence electrons. The molecular formula is C10H10BrNO2. The van der Waals surface area contributed by atoms with Gasteiger partial charge in [0.15, 0.2) is 0 Å². The second-order valence-electron chi connectivity index (χ2n) is 3.17. The first-order chi connectivity index (χ1) is 6.75. The number of hydrogen-bond donors (Lipinski definition) is 1. The lowest BCUT2D eigenvalue weighted by atomic mass is 10.2. The topological polar surface area (TPSA) is 41.6 Å². The van der Waals surface area contributed by atoms with Crippen LogP contribution in [0.3, 0.4) is 0 Å². The largest absolute Gasteiger partial charge is 0.371 e. The smallest absolute Gasteiger partial charge is 0.251 e. The van der Waals surface area contributed by atoms with Crippen LogP contribution in [-0.4, -0.2) is 25.2 Å². The molecule has 1 amide bonds. The summed E-state index contributed by atoms with van der Waals surface area (Å²) >= 11 is 3.32. The second kappa shape index (κ2) is 4.11. The third-order valence-electron chi connectivity index (χ3n) is 2.00. The van der Waals surface area contributed by atoms with E-state index in [2.05, 4.69) is 21.2 Å². The summed E-state index contributed by atoms with van der Waals surface area (Å²) in [7, 11) is 0. The number of carbonyl (C=O) groups is 1. The maximum Gasteiger partial charge on any atom is 0.251 e. The van der Waals surface area contributed by atoms with Crippen molar-refractivity contribution in [3.05, 3.63) is 34.3 Å². The van der Waals surface area contributed by atoms with Crippen LogP contribution in [0, 0.1) is 0 Å². The Balaban J connectivity index is 1.92. The van der Waals surface area contributed by atoms with Crippen molar-refractivity contribution in [2.75, 3.05) is 13.2 Å². The van der Waals surface area contributed by atoms with Gasteiger partial charge in [-0.1, -0.05) is 15.9 Å². The van der Waals surface area contributed by atoms with Gasteiger partial charge in [-0.25, -0.2) is 0 Å². The lowest BCUT2D eigenvalue weighted by Gasteiger charge is -2.02. The Kier molecular flexibility index (Phi) is 2.84. The summed E-state index contributed by atoms with van der Waals surface area (Å²) in [5.41, 5.74) is 0.675. The van der Waals surface area contributed by atoms with Gasteiger partial charge in [0, 0.05) is 16.6 Å². The van der Waals surface area contributed by atoms with Crippen LogP contribution in [0.15, 0.2) is 28.7 Å². The van der Waals surface area contributed by atoms with E-state index in [1.165, 1.54) is 0 Å². The summed E-state index contributed by atoms with van der Waals surface area (Å²) in [4.78, 5) is 11.5. The number of ether oxygens (including phenoxy) is 1. The maximum atomic E-state index is 11.5. The maximum absolute atomic E-state index is 11.5. The van der Waals surface area contributed by atoms with Gasteiger partial charge in [-0.05, 0) is 24.3 Å². The van der Waals surface area contributed by atoms with Gasteiger partial charge in [0.25, 0.3) is 5.91 Å². The number of carbonyl (C=O) groups excluding carboxylic acids is 1. The van der Waals surface area contributed by atoms with Crippen molar-refractivity contribution >= 4 is 21.8 Å². The van der Waals surface area contributed by atoms with Crippen LogP contribution in [0.1, 0.15) is 10.4 Å². The fraction of sp³-hybridized carbons (Fsp3) is 0.300. The number of epoxide rings is 1. The van der Waals surface area contributed by atoms with Crippen LogP contribution in [0.5, 0.6) is 0 Å². The Hall–Kier alpha value is -0.870. The average Bonchev–Trinajstić information content (AvgIpc) is 2.99. The number of hydrogen-bond acceptors (Lipinski definition) is 2. The highest BCUT2D eigenvalue weighted by Crippen LogP contribution is 2.11. The third-order valence-corrected chi connectivity index (χ3v) is 2.53. The molecule has 1 N–H and O–H groups in total. The van der Waals surface area contributed by atoms with Gasteiger partial charge in [-0.3, -0.25) is 4.79 Å². The van der Waals surface area contributed by atoms with Crippen LogP contribution in [-0.2, 0) is 4.74 Å². The zero-order valence-electron chi connectivity index (χ0n) is 7.50. The van der Waals surface area contributed by atoms with Gasteiger partial charge in [-0.2, -0.15) is 0 Å². The minimum atomic E-state index is -0.0481. The fourth-order valence-electron chi connectivity index (χ4n) is 1.10. The first-order valence-electron chi connectivity index (χ1n) is 4.41. The number of rotatable bonds is 3. The highest BCUT2D eigenvalue weighted by atomic mass is 79.9. The fourth-order valence-corrected chi connectivity index (χ4v) is 1.36. The predicted octanol–water partition coefficient (Wildman–Crippen LogP) is 1.58. The second-order valence-corrected chi connectivity index (χ2v) is 4.09. The molecule has 0 bridgehead atoms. The Labute approximate surface area is 90.6 Å². The molecule has 14 heavy (non-hydrogen) atoms.